The van der Waals surface area contributed by atoms with E-state index in [4.69, 9.17) is 33.0 Å². The van der Waals surface area contributed by atoms with Crippen molar-refractivity contribution in [3.63, 3.8) is 0 Å². The molecule has 4 nitrogen and oxygen atoms in total. The summed E-state index contributed by atoms with van der Waals surface area (Å²) in [6.45, 7) is 1.94. The highest BCUT2D eigenvalue weighted by Gasteiger charge is 2.05. The van der Waals surface area contributed by atoms with Crippen LogP contribution in [0.5, 0.6) is 5.75 Å². The molecule has 0 atom stereocenters. The summed E-state index contributed by atoms with van der Waals surface area (Å²) in [7, 11) is 0. The Morgan fingerprint density at radius 3 is 2.33 bits per heavy atom. The minimum absolute atomic E-state index is 0.161. The molecular weight excluding hydrogens is 385 g/mol. The second-order valence-corrected chi connectivity index (χ2v) is 7.11. The van der Waals surface area contributed by atoms with Crippen LogP contribution in [-0.2, 0) is 17.6 Å². The van der Waals surface area contributed by atoms with Crippen LogP contribution in [0.2, 0.25) is 10.0 Å². The number of aliphatic carboxylic acids is 1. The maximum absolute atomic E-state index is 10.4. The number of ether oxygens (including phenoxy) is 1. The van der Waals surface area contributed by atoms with Crippen LogP contribution in [-0.4, -0.2) is 30.8 Å². The van der Waals surface area contributed by atoms with Crippen LogP contribution in [0.4, 0.5) is 0 Å². The first-order chi connectivity index (χ1) is 13.1. The molecule has 0 heterocycles. The lowest BCUT2D eigenvalue weighted by Crippen LogP contribution is -2.19. The smallest absolute Gasteiger partial charge is 0.304 e. The normalized spacial score (nSPS) is 10.7. The van der Waals surface area contributed by atoms with Crippen molar-refractivity contribution in [2.24, 2.45) is 0 Å². The Labute approximate surface area is 170 Å². The van der Waals surface area contributed by atoms with Gasteiger partial charge in [0.1, 0.15) is 5.75 Å². The first-order valence-corrected chi connectivity index (χ1v) is 9.89. The fourth-order valence-corrected chi connectivity index (χ4v) is 3.29. The van der Waals surface area contributed by atoms with E-state index in [1.165, 1.54) is 5.56 Å². The quantitative estimate of drug-likeness (QED) is 0.484. The predicted molar refractivity (Wildman–Crippen MR) is 110 cm³/mol. The van der Waals surface area contributed by atoms with Gasteiger partial charge in [0.15, 0.2) is 0 Å². The zero-order valence-corrected chi connectivity index (χ0v) is 16.7. The van der Waals surface area contributed by atoms with E-state index in [0.717, 1.165) is 43.5 Å². The van der Waals surface area contributed by atoms with Crippen molar-refractivity contribution in [1.82, 2.24) is 5.32 Å². The van der Waals surface area contributed by atoms with Crippen LogP contribution in [0.15, 0.2) is 42.5 Å². The molecule has 6 heteroatoms. The van der Waals surface area contributed by atoms with Gasteiger partial charge in [-0.2, -0.15) is 0 Å². The lowest BCUT2D eigenvalue weighted by molar-refractivity contribution is -0.136. The van der Waals surface area contributed by atoms with Gasteiger partial charge in [-0.3, -0.25) is 4.79 Å². The molecule has 0 radical (unpaired) electrons. The second-order valence-electron chi connectivity index (χ2n) is 6.29. The molecule has 2 aromatic carbocycles. The summed E-state index contributed by atoms with van der Waals surface area (Å²) >= 11 is 12.3. The van der Waals surface area contributed by atoms with Gasteiger partial charge in [0.25, 0.3) is 0 Å². The Bertz CT molecular complexity index is 700. The molecule has 0 aromatic heterocycles. The van der Waals surface area contributed by atoms with Gasteiger partial charge in [-0.15, -0.1) is 0 Å². The Morgan fingerprint density at radius 1 is 0.963 bits per heavy atom. The molecule has 27 heavy (non-hydrogen) atoms. The van der Waals surface area contributed by atoms with Gasteiger partial charge in [-0.05, 0) is 67.6 Å². The summed E-state index contributed by atoms with van der Waals surface area (Å²) in [4.78, 5) is 10.4. The van der Waals surface area contributed by atoms with Crippen molar-refractivity contribution in [3.8, 4) is 5.75 Å². The highest BCUT2D eigenvalue weighted by molar-refractivity contribution is 6.35. The van der Waals surface area contributed by atoms with Crippen LogP contribution >= 0.6 is 23.2 Å². The monoisotopic (exact) mass is 409 g/mol. The predicted octanol–water partition coefficient (Wildman–Crippen LogP) is 5.00. The van der Waals surface area contributed by atoms with Crippen LogP contribution in [0.1, 0.15) is 30.4 Å². The van der Waals surface area contributed by atoms with E-state index in [1.807, 2.05) is 30.3 Å². The van der Waals surface area contributed by atoms with Gasteiger partial charge in [0.2, 0.25) is 0 Å². The molecule has 0 saturated heterocycles. The summed E-state index contributed by atoms with van der Waals surface area (Å²) in [6, 6.07) is 13.6. The minimum atomic E-state index is -0.770. The maximum Gasteiger partial charge on any atom is 0.304 e. The number of benzene rings is 2. The highest BCUT2D eigenvalue weighted by Crippen LogP contribution is 2.25. The minimum Gasteiger partial charge on any atom is -0.494 e. The molecule has 146 valence electrons. The van der Waals surface area contributed by atoms with E-state index in [2.05, 4.69) is 17.4 Å². The van der Waals surface area contributed by atoms with Gasteiger partial charge < -0.3 is 15.2 Å². The number of carboxylic acid groups (broad SMARTS) is 1. The molecule has 2 N–H and O–H groups in total. The molecular formula is C21H25Cl2NO3. The molecule has 0 bridgehead atoms. The summed E-state index contributed by atoms with van der Waals surface area (Å²) in [5, 5.41) is 13.1. The topological polar surface area (TPSA) is 58.6 Å². The third-order valence-corrected chi connectivity index (χ3v) is 4.87. The molecule has 0 amide bonds. The van der Waals surface area contributed by atoms with E-state index in [1.54, 1.807) is 0 Å². The Hall–Kier alpha value is -1.75. The fourth-order valence-electron chi connectivity index (χ4n) is 2.70. The van der Waals surface area contributed by atoms with E-state index in [-0.39, 0.29) is 6.42 Å². The molecule has 0 spiro atoms. The number of carboxylic acids is 1. The maximum atomic E-state index is 10.4. The number of hydrogen-bond donors (Lipinski definition) is 2. The van der Waals surface area contributed by atoms with Crippen LogP contribution in [0.25, 0.3) is 0 Å². The zero-order chi connectivity index (χ0) is 19.5. The first-order valence-electron chi connectivity index (χ1n) is 9.13. The number of halogens is 2. The van der Waals surface area contributed by atoms with Gasteiger partial charge in [-0.25, -0.2) is 0 Å². The van der Waals surface area contributed by atoms with E-state index in [9.17, 15) is 4.79 Å². The second kappa shape index (κ2) is 11.9. The lowest BCUT2D eigenvalue weighted by atomic mass is 10.1. The standard InChI is InChI=1S/C21H25Cl2NO3/c22-19-6-1-7-20(23)18(19)5-3-15-27-17-10-8-16(9-11-17)4-2-13-24-14-12-21(25)26/h1,6-11,24H,2-5,12-15H2,(H,25,26). The summed E-state index contributed by atoms with van der Waals surface area (Å²) in [5.41, 5.74) is 2.21. The first kappa shape index (κ1) is 21.5. The molecule has 0 fully saturated rings. The van der Waals surface area contributed by atoms with E-state index >= 15 is 0 Å². The third-order valence-electron chi connectivity index (χ3n) is 4.16. The van der Waals surface area contributed by atoms with Gasteiger partial charge in [-0.1, -0.05) is 41.4 Å². The molecule has 2 rings (SSSR count). The average molecular weight is 410 g/mol. The van der Waals surface area contributed by atoms with Crippen molar-refractivity contribution in [3.05, 3.63) is 63.6 Å². The van der Waals surface area contributed by atoms with E-state index in [0.29, 0.717) is 23.2 Å². The van der Waals surface area contributed by atoms with Crippen molar-refractivity contribution in [1.29, 1.82) is 0 Å². The fraction of sp³-hybridized carbons (Fsp3) is 0.381. The van der Waals surface area contributed by atoms with Crippen molar-refractivity contribution < 1.29 is 14.6 Å². The van der Waals surface area contributed by atoms with Crippen molar-refractivity contribution >= 4 is 29.2 Å². The molecule has 0 aliphatic carbocycles. The number of carbonyl (C=O) groups is 1. The number of nitrogens with one attached hydrogen (secondary N) is 1. The number of rotatable bonds is 12. The Balaban J connectivity index is 1.63. The van der Waals surface area contributed by atoms with Crippen molar-refractivity contribution in [2.75, 3.05) is 19.7 Å². The van der Waals surface area contributed by atoms with Crippen LogP contribution < -0.4 is 10.1 Å². The lowest BCUT2D eigenvalue weighted by Gasteiger charge is -2.09. The van der Waals surface area contributed by atoms with Gasteiger partial charge in [0.05, 0.1) is 13.0 Å². The molecule has 0 saturated carbocycles. The molecule has 0 unspecified atom stereocenters. The molecule has 0 aliphatic rings. The number of hydrogen-bond acceptors (Lipinski definition) is 3. The average Bonchev–Trinajstić information content (AvgIpc) is 2.64. The Kier molecular flexibility index (Phi) is 9.46. The van der Waals surface area contributed by atoms with Crippen molar-refractivity contribution in [2.45, 2.75) is 32.1 Å². The SMILES string of the molecule is O=C(O)CCNCCCc1ccc(OCCCc2c(Cl)cccc2Cl)cc1. The molecule has 2 aromatic rings. The zero-order valence-electron chi connectivity index (χ0n) is 15.2. The van der Waals surface area contributed by atoms with Gasteiger partial charge in [0, 0.05) is 16.6 Å². The molecule has 0 aliphatic heterocycles. The third kappa shape index (κ3) is 8.21. The number of aryl methyl sites for hydroxylation is 1. The van der Waals surface area contributed by atoms with Gasteiger partial charge >= 0.3 is 5.97 Å². The summed E-state index contributed by atoms with van der Waals surface area (Å²) in [5.74, 6) is 0.0802. The Morgan fingerprint density at radius 2 is 1.67 bits per heavy atom. The van der Waals surface area contributed by atoms with E-state index < -0.39 is 5.97 Å². The van der Waals surface area contributed by atoms with Crippen LogP contribution in [0, 0.1) is 0 Å². The highest BCUT2D eigenvalue weighted by atomic mass is 35.5. The summed E-state index contributed by atoms with van der Waals surface area (Å²) in [6.07, 6.45) is 3.71. The summed E-state index contributed by atoms with van der Waals surface area (Å²) < 4.78 is 5.79. The van der Waals surface area contributed by atoms with Crippen LogP contribution in [0.3, 0.4) is 0 Å². The largest absolute Gasteiger partial charge is 0.494 e.